The van der Waals surface area contributed by atoms with E-state index in [1.54, 1.807) is 41.2 Å². The van der Waals surface area contributed by atoms with Crippen molar-refractivity contribution in [2.45, 2.75) is 6.10 Å². The Morgan fingerprint density at radius 2 is 1.73 bits per heavy atom. The summed E-state index contributed by atoms with van der Waals surface area (Å²) in [6.45, 7) is 2.17. The molecule has 8 nitrogen and oxygen atoms in total. The van der Waals surface area contributed by atoms with Gasteiger partial charge < -0.3 is 28.7 Å². The van der Waals surface area contributed by atoms with Gasteiger partial charge in [0.05, 0.1) is 39.7 Å². The number of methoxy groups -OCH3 is 2. The first-order chi connectivity index (χ1) is 14.6. The molecule has 0 N–H and O–H groups in total. The van der Waals surface area contributed by atoms with Crippen molar-refractivity contribution in [2.24, 2.45) is 0 Å². The highest BCUT2D eigenvalue weighted by atomic mass is 16.5. The van der Waals surface area contributed by atoms with Gasteiger partial charge in [0.15, 0.2) is 17.6 Å². The lowest BCUT2D eigenvalue weighted by Crippen LogP contribution is -2.54. The first-order valence-corrected chi connectivity index (χ1v) is 9.78. The highest BCUT2D eigenvalue weighted by molar-refractivity contribution is 6.08. The zero-order chi connectivity index (χ0) is 21.1. The van der Waals surface area contributed by atoms with E-state index in [1.807, 2.05) is 18.2 Å². The molecule has 0 radical (unpaired) electrons. The second-order valence-corrected chi connectivity index (χ2v) is 7.00. The first kappa shape index (κ1) is 20.0. The molecule has 8 heteroatoms. The molecule has 1 atom stereocenters. The lowest BCUT2D eigenvalue weighted by molar-refractivity contribution is -0.142. The number of amides is 2. The third-order valence-corrected chi connectivity index (χ3v) is 5.25. The Balaban J connectivity index is 1.64. The molecule has 2 aromatic carbocycles. The number of carbonyl (C=O) groups is 2. The molecule has 2 heterocycles. The lowest BCUT2D eigenvalue weighted by atomic mass is 10.1. The summed E-state index contributed by atoms with van der Waals surface area (Å²) >= 11 is 0. The molecule has 1 unspecified atom stereocenters. The zero-order valence-electron chi connectivity index (χ0n) is 17.0. The summed E-state index contributed by atoms with van der Waals surface area (Å²) in [6.07, 6.45) is -0.776. The molecular weight excluding hydrogens is 388 g/mol. The largest absolute Gasteiger partial charge is 0.493 e. The van der Waals surface area contributed by atoms with Gasteiger partial charge in [-0.3, -0.25) is 9.59 Å². The molecule has 0 aliphatic carbocycles. The highest BCUT2D eigenvalue weighted by Crippen LogP contribution is 2.35. The normalized spacial score (nSPS) is 18.3. The molecule has 2 amide bonds. The fraction of sp³-hybridized carbons (Fsp3) is 0.364. The molecule has 2 aromatic rings. The van der Waals surface area contributed by atoms with E-state index in [0.717, 1.165) is 0 Å². The average Bonchev–Trinajstić information content (AvgIpc) is 2.82. The Morgan fingerprint density at radius 1 is 1.00 bits per heavy atom. The summed E-state index contributed by atoms with van der Waals surface area (Å²) in [5.41, 5.74) is 1.06. The number of rotatable bonds is 4. The van der Waals surface area contributed by atoms with Crippen LogP contribution in [0.5, 0.6) is 17.2 Å². The summed E-state index contributed by atoms with van der Waals surface area (Å²) in [4.78, 5) is 29.7. The van der Waals surface area contributed by atoms with Crippen molar-refractivity contribution in [1.82, 2.24) is 4.90 Å². The number of hydrogen-bond donors (Lipinski definition) is 0. The Labute approximate surface area is 174 Å². The molecule has 30 heavy (non-hydrogen) atoms. The maximum atomic E-state index is 13.4. The minimum Gasteiger partial charge on any atom is -0.493 e. The Morgan fingerprint density at radius 3 is 2.47 bits per heavy atom. The average molecular weight is 412 g/mol. The molecule has 4 rings (SSSR count). The summed E-state index contributed by atoms with van der Waals surface area (Å²) in [5.74, 6) is 1.12. The zero-order valence-corrected chi connectivity index (χ0v) is 17.0. The lowest BCUT2D eigenvalue weighted by Gasteiger charge is -2.37. The van der Waals surface area contributed by atoms with Crippen molar-refractivity contribution in [3.63, 3.8) is 0 Å². The van der Waals surface area contributed by atoms with Crippen molar-refractivity contribution in [3.05, 3.63) is 48.0 Å². The van der Waals surface area contributed by atoms with Crippen LogP contribution in [-0.2, 0) is 9.53 Å². The number of fused-ring (bicyclic) bond motifs is 1. The number of carbonyl (C=O) groups excluding carboxylic acids is 2. The predicted octanol–water partition coefficient (Wildman–Crippen LogP) is 1.97. The van der Waals surface area contributed by atoms with Gasteiger partial charge in [-0.05, 0) is 30.3 Å². The van der Waals surface area contributed by atoms with Crippen LogP contribution in [0.2, 0.25) is 0 Å². The molecule has 1 fully saturated rings. The van der Waals surface area contributed by atoms with Crippen molar-refractivity contribution in [3.8, 4) is 17.2 Å². The van der Waals surface area contributed by atoms with Crippen molar-refractivity contribution in [2.75, 3.05) is 52.0 Å². The molecule has 0 aromatic heterocycles. The van der Waals surface area contributed by atoms with E-state index in [4.69, 9.17) is 18.9 Å². The Kier molecular flexibility index (Phi) is 5.76. The van der Waals surface area contributed by atoms with Gasteiger partial charge in [-0.1, -0.05) is 12.1 Å². The molecule has 0 saturated carbocycles. The van der Waals surface area contributed by atoms with E-state index < -0.39 is 6.10 Å². The number of anilines is 1. The maximum absolute atomic E-state index is 13.4. The van der Waals surface area contributed by atoms with Gasteiger partial charge in [-0.2, -0.15) is 0 Å². The monoisotopic (exact) mass is 412 g/mol. The van der Waals surface area contributed by atoms with Gasteiger partial charge in [0.2, 0.25) is 0 Å². The fourth-order valence-electron chi connectivity index (χ4n) is 3.67. The second-order valence-electron chi connectivity index (χ2n) is 7.00. The van der Waals surface area contributed by atoms with Gasteiger partial charge in [-0.15, -0.1) is 0 Å². The number of para-hydroxylation sites is 2. The van der Waals surface area contributed by atoms with Crippen molar-refractivity contribution >= 4 is 17.5 Å². The molecule has 1 saturated heterocycles. The maximum Gasteiger partial charge on any atom is 0.265 e. The van der Waals surface area contributed by atoms with Crippen LogP contribution in [0.4, 0.5) is 5.69 Å². The molecule has 2 aliphatic rings. The van der Waals surface area contributed by atoms with E-state index in [1.165, 1.54) is 7.11 Å². The van der Waals surface area contributed by atoms with Gasteiger partial charge in [0.1, 0.15) is 5.75 Å². The number of benzene rings is 2. The smallest absolute Gasteiger partial charge is 0.265 e. The summed E-state index contributed by atoms with van der Waals surface area (Å²) in [6, 6.07) is 12.2. The molecular formula is C22H24N2O6. The van der Waals surface area contributed by atoms with Crippen LogP contribution in [0.1, 0.15) is 10.4 Å². The van der Waals surface area contributed by atoms with Crippen molar-refractivity contribution < 1.29 is 28.5 Å². The van der Waals surface area contributed by atoms with Gasteiger partial charge in [0.25, 0.3) is 11.8 Å². The van der Waals surface area contributed by atoms with Crippen LogP contribution in [0, 0.1) is 0 Å². The van der Waals surface area contributed by atoms with Crippen LogP contribution in [0.15, 0.2) is 42.5 Å². The highest BCUT2D eigenvalue weighted by Gasteiger charge is 2.36. The number of morpholine rings is 1. The SMILES string of the molecule is COc1ccc(C(=O)N2CC(C(=O)N3CCOCC3)Oc3ccccc32)cc1OC. The van der Waals surface area contributed by atoms with Crippen LogP contribution in [0.3, 0.4) is 0 Å². The Bertz CT molecular complexity index is 941. The van der Waals surface area contributed by atoms with E-state index in [2.05, 4.69) is 0 Å². The molecule has 158 valence electrons. The van der Waals surface area contributed by atoms with Crippen LogP contribution in [-0.4, -0.2) is 69.9 Å². The van der Waals surface area contributed by atoms with E-state index >= 15 is 0 Å². The minimum atomic E-state index is -0.776. The summed E-state index contributed by atoms with van der Waals surface area (Å²) in [7, 11) is 3.06. The van der Waals surface area contributed by atoms with Gasteiger partial charge >= 0.3 is 0 Å². The fourth-order valence-corrected chi connectivity index (χ4v) is 3.67. The number of nitrogens with zero attached hydrogens (tertiary/aromatic N) is 2. The van der Waals surface area contributed by atoms with E-state index in [-0.39, 0.29) is 18.4 Å². The minimum absolute atomic E-state index is 0.125. The summed E-state index contributed by atoms with van der Waals surface area (Å²) in [5, 5.41) is 0. The van der Waals surface area contributed by atoms with Crippen molar-refractivity contribution in [1.29, 1.82) is 0 Å². The van der Waals surface area contributed by atoms with Crippen LogP contribution < -0.4 is 19.1 Å². The third kappa shape index (κ3) is 3.78. The quantitative estimate of drug-likeness (QED) is 0.764. The van der Waals surface area contributed by atoms with Crippen LogP contribution in [0.25, 0.3) is 0 Å². The topological polar surface area (TPSA) is 77.5 Å². The predicted molar refractivity (Wildman–Crippen MR) is 109 cm³/mol. The third-order valence-electron chi connectivity index (χ3n) is 5.25. The van der Waals surface area contributed by atoms with Gasteiger partial charge in [0, 0.05) is 18.7 Å². The standard InChI is InChI=1S/C22H24N2O6/c1-27-18-8-7-15(13-19(18)28-2)21(25)24-14-20(22(26)23-9-11-29-12-10-23)30-17-6-4-3-5-16(17)24/h3-8,13,20H,9-12,14H2,1-2H3. The first-order valence-electron chi connectivity index (χ1n) is 9.78. The summed E-state index contributed by atoms with van der Waals surface area (Å²) < 4.78 is 21.9. The number of ether oxygens (including phenoxy) is 4. The molecule has 0 bridgehead atoms. The number of hydrogen-bond acceptors (Lipinski definition) is 6. The second kappa shape index (κ2) is 8.62. The molecule has 0 spiro atoms. The van der Waals surface area contributed by atoms with Gasteiger partial charge in [-0.25, -0.2) is 0 Å². The van der Waals surface area contributed by atoms with E-state index in [0.29, 0.717) is 54.8 Å². The molecule has 2 aliphatic heterocycles. The van der Waals surface area contributed by atoms with Crippen LogP contribution >= 0.6 is 0 Å². The van der Waals surface area contributed by atoms with E-state index in [9.17, 15) is 9.59 Å². The Hall–Kier alpha value is -3.26.